The number of hydrogen-bond acceptors (Lipinski definition) is 10. The van der Waals surface area contributed by atoms with Gasteiger partial charge in [-0.1, -0.05) is 29.6 Å². The van der Waals surface area contributed by atoms with Crippen molar-refractivity contribution in [1.82, 2.24) is 0 Å². The van der Waals surface area contributed by atoms with Crippen molar-refractivity contribution in [2.45, 2.75) is 19.4 Å². The summed E-state index contributed by atoms with van der Waals surface area (Å²) in [7, 11) is 6.14. The van der Waals surface area contributed by atoms with Gasteiger partial charge in [0.1, 0.15) is 6.10 Å². The number of esters is 1. The van der Waals surface area contributed by atoms with Gasteiger partial charge in [-0.2, -0.15) is 0 Å². The van der Waals surface area contributed by atoms with Crippen molar-refractivity contribution in [3.05, 3.63) is 68.6 Å². The molecule has 202 valence electrons. The number of ether oxygens (including phenoxy) is 6. The molecule has 0 aliphatic heterocycles. The highest BCUT2D eigenvalue weighted by atomic mass is 32.1. The van der Waals surface area contributed by atoms with E-state index < -0.39 is 17.0 Å². The molecule has 2 aromatic carbocycles. The van der Waals surface area contributed by atoms with Crippen LogP contribution in [0.5, 0.6) is 28.7 Å². The predicted octanol–water partition coefficient (Wildman–Crippen LogP) is 5.93. The summed E-state index contributed by atoms with van der Waals surface area (Å²) in [4.78, 5) is 23.5. The summed E-state index contributed by atoms with van der Waals surface area (Å²) in [5, 5.41) is 11.2. The van der Waals surface area contributed by atoms with Crippen LogP contribution < -0.4 is 23.7 Å². The van der Waals surface area contributed by atoms with E-state index in [4.69, 9.17) is 28.4 Å². The second-order valence-electron chi connectivity index (χ2n) is 7.75. The first kappa shape index (κ1) is 28.3. The molecule has 11 heteroatoms. The zero-order chi connectivity index (χ0) is 27.7. The fourth-order valence-electron chi connectivity index (χ4n) is 3.62. The molecule has 3 rings (SSSR count). The van der Waals surface area contributed by atoms with Crippen LogP contribution in [0.2, 0.25) is 0 Å². The van der Waals surface area contributed by atoms with Crippen LogP contribution in [0.25, 0.3) is 12.2 Å². The normalized spacial score (nSPS) is 11.6. The van der Waals surface area contributed by atoms with Crippen LogP contribution in [0.1, 0.15) is 35.5 Å². The average Bonchev–Trinajstić information content (AvgIpc) is 3.42. The first-order chi connectivity index (χ1) is 18.3. The van der Waals surface area contributed by atoms with Gasteiger partial charge in [0.05, 0.1) is 51.3 Å². The van der Waals surface area contributed by atoms with Crippen LogP contribution in [0.15, 0.2) is 42.5 Å². The lowest BCUT2D eigenvalue weighted by atomic mass is 10.1. The van der Waals surface area contributed by atoms with Crippen molar-refractivity contribution in [2.75, 3.05) is 35.0 Å². The molecule has 0 saturated carbocycles. The van der Waals surface area contributed by atoms with Gasteiger partial charge in [0.15, 0.2) is 23.0 Å². The number of nitrogens with zero attached hydrogens (tertiary/aromatic N) is 1. The number of rotatable bonds is 13. The fraction of sp³-hybridized carbons (Fsp3) is 0.296. The monoisotopic (exact) mass is 543 g/mol. The molecule has 0 bridgehead atoms. The van der Waals surface area contributed by atoms with E-state index in [-0.39, 0.29) is 18.0 Å². The van der Waals surface area contributed by atoms with Gasteiger partial charge < -0.3 is 28.4 Å². The van der Waals surface area contributed by atoms with Crippen LogP contribution >= 0.6 is 11.3 Å². The lowest BCUT2D eigenvalue weighted by Crippen LogP contribution is -2.15. The molecule has 1 aromatic heterocycles. The van der Waals surface area contributed by atoms with E-state index in [2.05, 4.69) is 0 Å². The van der Waals surface area contributed by atoms with Gasteiger partial charge in [-0.05, 0) is 48.4 Å². The van der Waals surface area contributed by atoms with Crippen molar-refractivity contribution in [3.63, 3.8) is 0 Å². The molecule has 10 nitrogen and oxygen atoms in total. The molecule has 0 radical (unpaired) electrons. The molecule has 38 heavy (non-hydrogen) atoms. The summed E-state index contributed by atoms with van der Waals surface area (Å²) in [6.45, 7) is 1.91. The highest BCUT2D eigenvalue weighted by Gasteiger charge is 2.25. The Kier molecular flexibility index (Phi) is 9.94. The Labute approximate surface area is 224 Å². The van der Waals surface area contributed by atoms with E-state index in [1.54, 1.807) is 46.5 Å². The van der Waals surface area contributed by atoms with Crippen molar-refractivity contribution in [3.8, 4) is 28.7 Å². The summed E-state index contributed by atoms with van der Waals surface area (Å²) in [6.07, 6.45) is 2.80. The predicted molar refractivity (Wildman–Crippen MR) is 144 cm³/mol. The molecule has 1 heterocycles. The summed E-state index contributed by atoms with van der Waals surface area (Å²) in [6, 6.07) is 11.9. The fourth-order valence-corrected chi connectivity index (χ4v) is 4.47. The Morgan fingerprint density at radius 1 is 0.895 bits per heavy atom. The second kappa shape index (κ2) is 13.3. The Hall–Kier alpha value is -4.25. The standard InChI is InChI=1S/C27H29NO9S/c1-6-36-26(29)16-21(24-11-12-25(38-24)28(30)31)37-20-13-17(9-10-19(20)32-2)7-8-18-14-22(33-3)27(35-5)23(15-18)34-4/h7-15,21H,6,16H2,1-5H3/b8-7-. The van der Waals surface area contributed by atoms with Crippen LogP contribution in [0, 0.1) is 10.1 Å². The maximum atomic E-state index is 12.3. The topological polar surface area (TPSA) is 116 Å². The van der Waals surface area contributed by atoms with E-state index in [0.29, 0.717) is 33.6 Å². The van der Waals surface area contributed by atoms with Gasteiger partial charge in [-0.3, -0.25) is 14.9 Å². The van der Waals surface area contributed by atoms with Crippen LogP contribution in [-0.4, -0.2) is 45.9 Å². The van der Waals surface area contributed by atoms with E-state index in [0.717, 1.165) is 22.5 Å². The Morgan fingerprint density at radius 2 is 1.53 bits per heavy atom. The molecular formula is C27H29NO9S. The number of nitro groups is 1. The van der Waals surface area contributed by atoms with Crippen LogP contribution in [0.3, 0.4) is 0 Å². The van der Waals surface area contributed by atoms with Gasteiger partial charge in [-0.25, -0.2) is 0 Å². The van der Waals surface area contributed by atoms with Crippen molar-refractivity contribution < 1.29 is 38.1 Å². The minimum absolute atomic E-state index is 0.0496. The molecule has 0 fully saturated rings. The van der Waals surface area contributed by atoms with Crippen molar-refractivity contribution in [2.24, 2.45) is 0 Å². The summed E-state index contributed by atoms with van der Waals surface area (Å²) >= 11 is 0.943. The highest BCUT2D eigenvalue weighted by molar-refractivity contribution is 7.15. The lowest BCUT2D eigenvalue weighted by molar-refractivity contribution is -0.380. The third-order valence-corrected chi connectivity index (χ3v) is 6.51. The van der Waals surface area contributed by atoms with Gasteiger partial charge in [0.2, 0.25) is 5.75 Å². The first-order valence-corrected chi connectivity index (χ1v) is 12.4. The third-order valence-electron chi connectivity index (χ3n) is 5.38. The minimum Gasteiger partial charge on any atom is -0.493 e. The first-order valence-electron chi connectivity index (χ1n) is 11.6. The van der Waals surface area contributed by atoms with Gasteiger partial charge >= 0.3 is 11.0 Å². The number of hydrogen-bond donors (Lipinski definition) is 0. The highest BCUT2D eigenvalue weighted by Crippen LogP contribution is 2.40. The van der Waals surface area contributed by atoms with Crippen LogP contribution in [-0.2, 0) is 9.53 Å². The van der Waals surface area contributed by atoms with Gasteiger partial charge in [0.25, 0.3) is 0 Å². The van der Waals surface area contributed by atoms with Gasteiger partial charge in [0, 0.05) is 6.07 Å². The second-order valence-corrected chi connectivity index (χ2v) is 8.84. The van der Waals surface area contributed by atoms with Crippen molar-refractivity contribution >= 4 is 34.5 Å². The van der Waals surface area contributed by atoms with E-state index in [9.17, 15) is 14.9 Å². The number of carbonyl (C=O) groups is 1. The molecule has 0 amide bonds. The number of methoxy groups -OCH3 is 4. The lowest BCUT2D eigenvalue weighted by Gasteiger charge is -2.19. The molecule has 0 N–H and O–H groups in total. The molecular weight excluding hydrogens is 514 g/mol. The zero-order valence-corrected chi connectivity index (χ0v) is 22.5. The van der Waals surface area contributed by atoms with Crippen LogP contribution in [0.4, 0.5) is 5.00 Å². The maximum absolute atomic E-state index is 12.3. The summed E-state index contributed by atoms with van der Waals surface area (Å²) in [5.41, 5.74) is 1.59. The molecule has 0 aliphatic rings. The van der Waals surface area contributed by atoms with Gasteiger partial charge in [-0.15, -0.1) is 0 Å². The Bertz CT molecular complexity index is 1280. The Balaban J connectivity index is 1.93. The minimum atomic E-state index is -0.809. The Morgan fingerprint density at radius 3 is 2.08 bits per heavy atom. The quantitative estimate of drug-likeness (QED) is 0.112. The largest absolute Gasteiger partial charge is 0.493 e. The molecule has 3 aromatic rings. The van der Waals surface area contributed by atoms with Crippen molar-refractivity contribution in [1.29, 1.82) is 0 Å². The van der Waals surface area contributed by atoms with E-state index in [1.807, 2.05) is 30.4 Å². The molecule has 0 aliphatic carbocycles. The maximum Gasteiger partial charge on any atom is 0.324 e. The molecule has 1 unspecified atom stereocenters. The smallest absolute Gasteiger partial charge is 0.324 e. The van der Waals surface area contributed by atoms with E-state index in [1.165, 1.54) is 13.2 Å². The third kappa shape index (κ3) is 6.94. The SMILES string of the molecule is CCOC(=O)CC(Oc1cc(/C=C\c2cc(OC)c(OC)c(OC)c2)ccc1OC)c1ccc([N+](=O)[O-])s1. The summed E-state index contributed by atoms with van der Waals surface area (Å²) in [5.74, 6) is 1.87. The number of thiophene rings is 1. The molecule has 0 spiro atoms. The number of benzene rings is 2. The molecule has 0 saturated heterocycles. The zero-order valence-electron chi connectivity index (χ0n) is 21.7. The molecule has 1 atom stereocenters. The summed E-state index contributed by atoms with van der Waals surface area (Å²) < 4.78 is 33.0. The van der Waals surface area contributed by atoms with E-state index >= 15 is 0 Å². The average molecular weight is 544 g/mol. The number of carbonyl (C=O) groups excluding carboxylic acids is 1.